The zero-order valence-electron chi connectivity index (χ0n) is 20.2. The predicted molar refractivity (Wildman–Crippen MR) is 142 cm³/mol. The Morgan fingerprint density at radius 2 is 1.78 bits per heavy atom. The van der Waals surface area contributed by atoms with Crippen LogP contribution in [0.25, 0.3) is 0 Å². The van der Waals surface area contributed by atoms with Crippen LogP contribution in [0.5, 0.6) is 0 Å². The maximum atomic E-state index is 13.8. The topological polar surface area (TPSA) is 74.1 Å². The minimum Gasteiger partial charge on any atom is -0.326 e. The van der Waals surface area contributed by atoms with Gasteiger partial charge in [-0.15, -0.1) is 0 Å². The number of nitrogens with one attached hydrogen (secondary N) is 1. The molecule has 2 aliphatic heterocycles. The molecule has 2 aliphatic rings. The average molecular weight is 519 g/mol. The van der Waals surface area contributed by atoms with Crippen molar-refractivity contribution in [3.05, 3.63) is 101 Å². The van der Waals surface area contributed by atoms with Crippen LogP contribution in [-0.2, 0) is 9.59 Å². The standard InChI is InChI=1S/C28H24F2N4O2S/c1-16-3-6-19(7-4-16)24-14-23(18-8-10-20(29)11-9-18)33-34(24)28-32-27(36)25(37-28)15-26(35)31-21-12-5-17(2)22(30)13-21/h3-13,24-25H,14-15H2,1-2H3,(H,31,35). The number of thioether (sulfide) groups is 1. The average Bonchev–Trinajstić information content (AvgIpc) is 3.46. The van der Waals surface area contributed by atoms with E-state index in [0.29, 0.717) is 22.8 Å². The lowest BCUT2D eigenvalue weighted by Crippen LogP contribution is -2.25. The molecular weight excluding hydrogens is 494 g/mol. The summed E-state index contributed by atoms with van der Waals surface area (Å²) in [5.74, 6) is -1.57. The number of carbonyl (C=O) groups is 2. The smallest absolute Gasteiger partial charge is 0.262 e. The number of carbonyl (C=O) groups excluding carboxylic acids is 2. The number of amides is 2. The Bertz CT molecular complexity index is 1420. The summed E-state index contributed by atoms with van der Waals surface area (Å²) in [4.78, 5) is 29.6. The van der Waals surface area contributed by atoms with Crippen LogP contribution in [0.15, 0.2) is 76.8 Å². The van der Waals surface area contributed by atoms with Crippen LogP contribution >= 0.6 is 11.8 Å². The van der Waals surface area contributed by atoms with Gasteiger partial charge in [0.25, 0.3) is 5.91 Å². The number of amidine groups is 1. The molecule has 2 atom stereocenters. The molecule has 0 fully saturated rings. The molecule has 37 heavy (non-hydrogen) atoms. The number of benzene rings is 3. The van der Waals surface area contributed by atoms with Crippen molar-refractivity contribution in [2.75, 3.05) is 5.32 Å². The fourth-order valence-corrected chi connectivity index (χ4v) is 5.27. The lowest BCUT2D eigenvalue weighted by molar-refractivity contribution is -0.121. The lowest BCUT2D eigenvalue weighted by atomic mass is 9.98. The Labute approximate surface area is 217 Å². The van der Waals surface area contributed by atoms with E-state index in [-0.39, 0.29) is 18.3 Å². The fourth-order valence-electron chi connectivity index (χ4n) is 4.21. The number of anilines is 1. The molecule has 3 aromatic rings. The molecule has 2 unspecified atom stereocenters. The summed E-state index contributed by atoms with van der Waals surface area (Å²) in [6.07, 6.45) is 0.441. The number of hydrogen-bond donors (Lipinski definition) is 1. The van der Waals surface area contributed by atoms with E-state index in [4.69, 9.17) is 5.10 Å². The van der Waals surface area contributed by atoms with Gasteiger partial charge in [-0.25, -0.2) is 13.8 Å². The molecule has 2 heterocycles. The normalized spacial score (nSPS) is 19.1. The zero-order chi connectivity index (χ0) is 26.1. The molecule has 0 bridgehead atoms. The van der Waals surface area contributed by atoms with E-state index >= 15 is 0 Å². The summed E-state index contributed by atoms with van der Waals surface area (Å²) in [5, 5.41) is 8.83. The Kier molecular flexibility index (Phi) is 6.88. The van der Waals surface area contributed by atoms with Crippen molar-refractivity contribution in [2.24, 2.45) is 10.1 Å². The van der Waals surface area contributed by atoms with Gasteiger partial charge >= 0.3 is 0 Å². The van der Waals surface area contributed by atoms with Crippen molar-refractivity contribution < 1.29 is 18.4 Å². The van der Waals surface area contributed by atoms with Crippen LogP contribution in [0, 0.1) is 25.5 Å². The third kappa shape index (κ3) is 5.46. The number of aryl methyl sites for hydroxylation is 2. The molecule has 0 saturated carbocycles. The summed E-state index contributed by atoms with van der Waals surface area (Å²) >= 11 is 1.19. The molecule has 3 aromatic carbocycles. The maximum absolute atomic E-state index is 13.8. The third-order valence-corrected chi connectivity index (χ3v) is 7.44. The summed E-state index contributed by atoms with van der Waals surface area (Å²) in [7, 11) is 0. The number of hydrogen-bond acceptors (Lipinski definition) is 5. The van der Waals surface area contributed by atoms with Crippen molar-refractivity contribution in [3.63, 3.8) is 0 Å². The number of halogens is 2. The summed E-state index contributed by atoms with van der Waals surface area (Å²) < 4.78 is 27.3. The first kappa shape index (κ1) is 24.8. The fraction of sp³-hybridized carbons (Fsp3) is 0.214. The molecule has 0 saturated heterocycles. The van der Waals surface area contributed by atoms with Crippen molar-refractivity contribution in [2.45, 2.75) is 38.0 Å². The van der Waals surface area contributed by atoms with Gasteiger partial charge in [-0.1, -0.05) is 59.8 Å². The summed E-state index contributed by atoms with van der Waals surface area (Å²) in [5.41, 5.74) is 4.48. The number of rotatable bonds is 5. The largest absolute Gasteiger partial charge is 0.326 e. The molecule has 0 aliphatic carbocycles. The van der Waals surface area contributed by atoms with Gasteiger partial charge in [-0.2, -0.15) is 10.1 Å². The van der Waals surface area contributed by atoms with Crippen LogP contribution in [-0.4, -0.2) is 33.0 Å². The molecule has 9 heteroatoms. The van der Waals surface area contributed by atoms with Crippen molar-refractivity contribution in [1.29, 1.82) is 0 Å². The highest BCUT2D eigenvalue weighted by Gasteiger charge is 2.39. The molecule has 5 rings (SSSR count). The lowest BCUT2D eigenvalue weighted by Gasteiger charge is -2.23. The van der Waals surface area contributed by atoms with Crippen molar-refractivity contribution in [1.82, 2.24) is 5.01 Å². The predicted octanol–water partition coefficient (Wildman–Crippen LogP) is 5.76. The van der Waals surface area contributed by atoms with E-state index in [2.05, 4.69) is 10.3 Å². The molecule has 0 spiro atoms. The first-order valence-corrected chi connectivity index (χ1v) is 12.7. The van der Waals surface area contributed by atoms with Crippen LogP contribution in [0.2, 0.25) is 0 Å². The van der Waals surface area contributed by atoms with Gasteiger partial charge < -0.3 is 5.32 Å². The van der Waals surface area contributed by atoms with Gasteiger partial charge in [0.1, 0.15) is 16.9 Å². The summed E-state index contributed by atoms with van der Waals surface area (Å²) in [6.45, 7) is 3.65. The maximum Gasteiger partial charge on any atom is 0.262 e. The Morgan fingerprint density at radius 1 is 1.05 bits per heavy atom. The Morgan fingerprint density at radius 3 is 2.49 bits per heavy atom. The second-order valence-corrected chi connectivity index (χ2v) is 10.3. The summed E-state index contributed by atoms with van der Waals surface area (Å²) in [6, 6.07) is 18.4. The van der Waals surface area contributed by atoms with E-state index in [9.17, 15) is 18.4 Å². The highest BCUT2D eigenvalue weighted by molar-refractivity contribution is 8.15. The van der Waals surface area contributed by atoms with Gasteiger partial charge in [-0.3, -0.25) is 9.59 Å². The first-order chi connectivity index (χ1) is 17.8. The molecule has 2 amide bonds. The van der Waals surface area contributed by atoms with Crippen LogP contribution < -0.4 is 5.32 Å². The van der Waals surface area contributed by atoms with E-state index in [1.54, 1.807) is 36.2 Å². The number of hydrazone groups is 1. The van der Waals surface area contributed by atoms with E-state index in [0.717, 1.165) is 22.4 Å². The molecule has 0 aromatic heterocycles. The number of aliphatic imine (C=N–C) groups is 1. The molecule has 1 N–H and O–H groups in total. The van der Waals surface area contributed by atoms with Gasteiger partial charge in [0.15, 0.2) is 5.17 Å². The van der Waals surface area contributed by atoms with Crippen LogP contribution in [0.1, 0.15) is 41.1 Å². The SMILES string of the molecule is Cc1ccc(C2CC(c3ccc(F)cc3)=NN2C2=NC(=O)C(CC(=O)Nc3ccc(C)c(F)c3)S2)cc1. The quantitative estimate of drug-likeness (QED) is 0.466. The minimum atomic E-state index is -0.714. The second kappa shape index (κ2) is 10.3. The van der Waals surface area contributed by atoms with E-state index in [1.165, 1.54) is 30.0 Å². The minimum absolute atomic E-state index is 0.108. The van der Waals surface area contributed by atoms with E-state index < -0.39 is 22.9 Å². The first-order valence-electron chi connectivity index (χ1n) is 11.8. The second-order valence-electron chi connectivity index (χ2n) is 9.08. The third-order valence-electron chi connectivity index (χ3n) is 6.30. The van der Waals surface area contributed by atoms with Crippen molar-refractivity contribution >= 4 is 40.1 Å². The molecule has 6 nitrogen and oxygen atoms in total. The monoisotopic (exact) mass is 518 g/mol. The highest BCUT2D eigenvalue weighted by Crippen LogP contribution is 2.38. The zero-order valence-corrected chi connectivity index (χ0v) is 21.1. The van der Waals surface area contributed by atoms with Crippen LogP contribution in [0.3, 0.4) is 0 Å². The number of nitrogens with zero attached hydrogens (tertiary/aromatic N) is 3. The van der Waals surface area contributed by atoms with Gasteiger partial charge in [0, 0.05) is 18.5 Å². The molecule has 0 radical (unpaired) electrons. The Balaban J connectivity index is 1.34. The van der Waals surface area contributed by atoms with Crippen molar-refractivity contribution in [3.8, 4) is 0 Å². The van der Waals surface area contributed by atoms with Gasteiger partial charge in [0.2, 0.25) is 5.91 Å². The van der Waals surface area contributed by atoms with E-state index in [1.807, 2.05) is 31.2 Å². The van der Waals surface area contributed by atoms with Gasteiger partial charge in [0.05, 0.1) is 11.8 Å². The Hall–Kier alpha value is -3.85. The van der Waals surface area contributed by atoms with Crippen LogP contribution in [0.4, 0.5) is 14.5 Å². The molecule has 188 valence electrons. The highest BCUT2D eigenvalue weighted by atomic mass is 32.2. The molecular formula is C28H24F2N4O2S. The van der Waals surface area contributed by atoms with Gasteiger partial charge in [-0.05, 0) is 54.8 Å².